The van der Waals surface area contributed by atoms with Gasteiger partial charge in [0.1, 0.15) is 5.75 Å². The molecule has 9 heteroatoms. The monoisotopic (exact) mass is 502 g/mol. The summed E-state index contributed by atoms with van der Waals surface area (Å²) in [6, 6.07) is 7.72. The highest BCUT2D eigenvalue weighted by Crippen LogP contribution is 2.18. The normalized spacial score (nSPS) is 11.9. The van der Waals surface area contributed by atoms with Crippen molar-refractivity contribution in [3.8, 4) is 5.75 Å². The third-order valence-electron chi connectivity index (χ3n) is 3.48. The minimum atomic E-state index is -4.16. The molecular weight excluding hydrogens is 472 g/mol. The van der Waals surface area contributed by atoms with Gasteiger partial charge in [-0.2, -0.15) is 13.2 Å². The number of nitrogens with zero attached hydrogens (tertiary/aromatic N) is 2. The quantitative estimate of drug-likeness (QED) is 0.222. The lowest BCUT2D eigenvalue weighted by molar-refractivity contribution is -0.143. The maximum absolute atomic E-state index is 12.3. The van der Waals surface area contributed by atoms with Crippen molar-refractivity contribution in [1.29, 1.82) is 0 Å². The summed E-state index contributed by atoms with van der Waals surface area (Å²) in [4.78, 5) is 5.79. The summed E-state index contributed by atoms with van der Waals surface area (Å²) < 4.78 is 42.5. The van der Waals surface area contributed by atoms with Gasteiger partial charge in [0.25, 0.3) is 0 Å². The molecule has 0 radical (unpaired) electrons. The molecule has 0 fully saturated rings. The van der Waals surface area contributed by atoms with Crippen LogP contribution in [0.25, 0.3) is 0 Å². The zero-order chi connectivity index (χ0) is 19.4. The van der Waals surface area contributed by atoms with Gasteiger partial charge >= 0.3 is 6.18 Å². The Bertz CT molecular complexity index is 556. The van der Waals surface area contributed by atoms with Crippen LogP contribution in [-0.4, -0.2) is 56.9 Å². The van der Waals surface area contributed by atoms with Gasteiger partial charge in [-0.25, -0.2) is 4.99 Å². The smallest absolute Gasteiger partial charge is 0.401 e. The Labute approximate surface area is 176 Å². The Morgan fingerprint density at radius 2 is 1.89 bits per heavy atom. The molecule has 2 N–H and O–H groups in total. The fourth-order valence-corrected chi connectivity index (χ4v) is 2.38. The largest absolute Gasteiger partial charge is 0.494 e. The molecule has 0 aliphatic heterocycles. The molecule has 0 heterocycles. The van der Waals surface area contributed by atoms with Crippen LogP contribution in [0.15, 0.2) is 29.3 Å². The maximum Gasteiger partial charge on any atom is 0.401 e. The Morgan fingerprint density at radius 1 is 1.19 bits per heavy atom. The Kier molecular flexibility index (Phi) is 13.2. The summed E-state index contributed by atoms with van der Waals surface area (Å²) in [5.41, 5.74) is 0.983. The topological polar surface area (TPSA) is 48.9 Å². The van der Waals surface area contributed by atoms with E-state index in [2.05, 4.69) is 15.6 Å². The van der Waals surface area contributed by atoms with E-state index >= 15 is 0 Å². The van der Waals surface area contributed by atoms with Gasteiger partial charge in [-0.15, -0.1) is 24.0 Å². The van der Waals surface area contributed by atoms with Gasteiger partial charge in [0.15, 0.2) is 5.96 Å². The van der Waals surface area contributed by atoms with Crippen LogP contribution in [0.1, 0.15) is 25.8 Å². The Morgan fingerprint density at radius 3 is 2.52 bits per heavy atom. The van der Waals surface area contributed by atoms with E-state index in [1.165, 1.54) is 11.9 Å². The predicted molar refractivity (Wildman–Crippen MR) is 114 cm³/mol. The molecule has 0 bridgehead atoms. The lowest BCUT2D eigenvalue weighted by Crippen LogP contribution is -2.39. The lowest BCUT2D eigenvalue weighted by Gasteiger charge is -2.19. The average Bonchev–Trinajstić information content (AvgIpc) is 2.56. The molecule has 0 atom stereocenters. The Hall–Kier alpha value is -1.23. The molecule has 0 saturated carbocycles. The second-order valence-electron chi connectivity index (χ2n) is 5.87. The number of guanidine groups is 1. The third-order valence-corrected chi connectivity index (χ3v) is 3.48. The van der Waals surface area contributed by atoms with E-state index in [1.54, 1.807) is 0 Å². The van der Waals surface area contributed by atoms with Gasteiger partial charge in [-0.3, -0.25) is 4.90 Å². The van der Waals surface area contributed by atoms with Crippen LogP contribution >= 0.6 is 24.0 Å². The first kappa shape index (κ1) is 25.8. The number of ether oxygens (including phenoxy) is 1. The first-order valence-corrected chi connectivity index (χ1v) is 8.84. The summed E-state index contributed by atoms with van der Waals surface area (Å²) >= 11 is 0. The number of para-hydroxylation sites is 1. The van der Waals surface area contributed by atoms with Crippen LogP contribution in [0.4, 0.5) is 13.2 Å². The van der Waals surface area contributed by atoms with Gasteiger partial charge in [0.05, 0.1) is 19.7 Å². The van der Waals surface area contributed by atoms with Crippen molar-refractivity contribution in [2.24, 2.45) is 4.99 Å². The van der Waals surface area contributed by atoms with Crippen LogP contribution in [0.5, 0.6) is 5.75 Å². The van der Waals surface area contributed by atoms with E-state index in [4.69, 9.17) is 4.74 Å². The van der Waals surface area contributed by atoms with E-state index in [0.717, 1.165) is 11.3 Å². The molecule has 0 aromatic heterocycles. The lowest BCUT2D eigenvalue weighted by atomic mass is 10.2. The molecule has 0 amide bonds. The molecule has 0 aliphatic rings. The van der Waals surface area contributed by atoms with Crippen LogP contribution in [-0.2, 0) is 6.54 Å². The van der Waals surface area contributed by atoms with Gasteiger partial charge in [0.2, 0.25) is 0 Å². The SMILES string of the molecule is CCNC(=NCc1ccccc1OCC)NCCCN(C)CC(F)(F)F.I. The van der Waals surface area contributed by atoms with Crippen molar-refractivity contribution >= 4 is 29.9 Å². The van der Waals surface area contributed by atoms with Crippen molar-refractivity contribution in [2.45, 2.75) is 33.0 Å². The average molecular weight is 502 g/mol. The molecule has 0 aliphatic carbocycles. The summed E-state index contributed by atoms with van der Waals surface area (Å²) in [6.45, 7) is 5.65. The van der Waals surface area contributed by atoms with Crippen LogP contribution in [0.2, 0.25) is 0 Å². The molecule has 1 rings (SSSR count). The van der Waals surface area contributed by atoms with Gasteiger partial charge in [0, 0.05) is 18.7 Å². The van der Waals surface area contributed by atoms with Crippen LogP contribution in [0.3, 0.4) is 0 Å². The van der Waals surface area contributed by atoms with Gasteiger partial charge in [-0.05, 0) is 39.9 Å². The molecule has 5 nitrogen and oxygen atoms in total. The molecule has 1 aromatic rings. The van der Waals surface area contributed by atoms with E-state index in [1.807, 2.05) is 38.1 Å². The first-order chi connectivity index (χ1) is 12.4. The molecule has 0 unspecified atom stereocenters. The summed E-state index contributed by atoms with van der Waals surface area (Å²) in [6.07, 6.45) is -3.57. The van der Waals surface area contributed by atoms with E-state index in [0.29, 0.717) is 45.2 Å². The minimum Gasteiger partial charge on any atom is -0.494 e. The number of alkyl halides is 3. The third kappa shape index (κ3) is 12.0. The van der Waals surface area contributed by atoms with E-state index < -0.39 is 12.7 Å². The maximum atomic E-state index is 12.3. The van der Waals surface area contributed by atoms with Crippen molar-refractivity contribution in [2.75, 3.05) is 39.8 Å². The summed E-state index contributed by atoms with van der Waals surface area (Å²) in [7, 11) is 1.47. The highest BCUT2D eigenvalue weighted by atomic mass is 127. The summed E-state index contributed by atoms with van der Waals surface area (Å²) in [5.74, 6) is 1.45. The van der Waals surface area contributed by atoms with Crippen molar-refractivity contribution in [3.63, 3.8) is 0 Å². The Balaban J connectivity index is 0.00000676. The number of hydrogen-bond donors (Lipinski definition) is 2. The number of rotatable bonds is 10. The number of hydrogen-bond acceptors (Lipinski definition) is 3. The second kappa shape index (κ2) is 13.9. The molecule has 0 spiro atoms. The second-order valence-corrected chi connectivity index (χ2v) is 5.87. The molecule has 156 valence electrons. The molecule has 1 aromatic carbocycles. The standard InChI is InChI=1S/C18H29F3N4O.HI/c1-4-22-17(23-11-8-12-25(3)14-18(19,20)21)24-13-15-9-6-7-10-16(15)26-5-2;/h6-7,9-10H,4-5,8,11-14H2,1-3H3,(H2,22,23,24);1H. The minimum absolute atomic E-state index is 0. The van der Waals surface area contributed by atoms with Crippen molar-refractivity contribution in [1.82, 2.24) is 15.5 Å². The van der Waals surface area contributed by atoms with Crippen LogP contribution in [0, 0.1) is 0 Å². The number of benzene rings is 1. The van der Waals surface area contributed by atoms with E-state index in [9.17, 15) is 13.2 Å². The van der Waals surface area contributed by atoms with Gasteiger partial charge < -0.3 is 15.4 Å². The number of nitrogens with one attached hydrogen (secondary N) is 2. The van der Waals surface area contributed by atoms with Crippen molar-refractivity contribution in [3.05, 3.63) is 29.8 Å². The predicted octanol–water partition coefficient (Wildman–Crippen LogP) is 3.64. The fourth-order valence-electron chi connectivity index (χ4n) is 2.38. The zero-order valence-electron chi connectivity index (χ0n) is 16.1. The summed E-state index contributed by atoms with van der Waals surface area (Å²) in [5, 5.41) is 6.29. The van der Waals surface area contributed by atoms with Gasteiger partial charge in [-0.1, -0.05) is 18.2 Å². The first-order valence-electron chi connectivity index (χ1n) is 8.84. The van der Waals surface area contributed by atoms with Crippen molar-refractivity contribution < 1.29 is 17.9 Å². The number of halogens is 4. The molecular formula is C18H30F3IN4O. The highest BCUT2D eigenvalue weighted by Gasteiger charge is 2.28. The number of aliphatic imine (C=N–C) groups is 1. The van der Waals surface area contributed by atoms with Crippen LogP contribution < -0.4 is 15.4 Å². The zero-order valence-corrected chi connectivity index (χ0v) is 18.4. The van der Waals surface area contributed by atoms with E-state index in [-0.39, 0.29) is 24.0 Å². The highest BCUT2D eigenvalue weighted by molar-refractivity contribution is 14.0. The molecule has 0 saturated heterocycles. The molecule has 27 heavy (non-hydrogen) atoms. The fraction of sp³-hybridized carbons (Fsp3) is 0.611.